The van der Waals surface area contributed by atoms with Crippen LogP contribution in [0.4, 0.5) is 4.39 Å². The van der Waals surface area contributed by atoms with E-state index in [-0.39, 0.29) is 5.82 Å². The largest absolute Gasteiger partial charge is 0.310 e. The summed E-state index contributed by atoms with van der Waals surface area (Å²) in [5.74, 6) is -0.202. The second kappa shape index (κ2) is 7.55. The van der Waals surface area contributed by atoms with E-state index in [4.69, 9.17) is 0 Å². The molecule has 2 aromatic rings. The highest BCUT2D eigenvalue weighted by atomic mass is 79.9. The Bertz CT molecular complexity index is 542. The number of benzene rings is 2. The summed E-state index contributed by atoms with van der Waals surface area (Å²) < 4.78 is 13.9. The fraction of sp³-hybridized carbons (Fsp3) is 0.294. The first-order valence-corrected chi connectivity index (χ1v) is 7.72. The molecule has 1 nitrogen and oxygen atoms in total. The molecule has 0 amide bonds. The van der Waals surface area contributed by atoms with E-state index in [1.807, 2.05) is 12.1 Å². The molecule has 0 aromatic heterocycles. The summed E-state index contributed by atoms with van der Waals surface area (Å²) in [5, 5.41) is 3.51. The normalized spacial score (nSPS) is 12.3. The molecule has 0 saturated heterocycles. The van der Waals surface area contributed by atoms with E-state index in [0.717, 1.165) is 29.4 Å². The van der Waals surface area contributed by atoms with Crippen molar-refractivity contribution in [3.8, 4) is 0 Å². The molecule has 2 rings (SSSR count). The standard InChI is InChI=1S/C17H19BrFN/c1-2-20-17(14-6-4-3-5-7-14)11-9-13-8-10-15(19)12-16(13)18/h3-8,10,12,17,20H,2,9,11H2,1H3. The van der Waals surface area contributed by atoms with Crippen molar-refractivity contribution in [1.29, 1.82) is 0 Å². The Morgan fingerprint density at radius 1 is 1.15 bits per heavy atom. The molecule has 0 bridgehead atoms. The molecule has 1 atom stereocenters. The lowest BCUT2D eigenvalue weighted by molar-refractivity contribution is 0.514. The zero-order chi connectivity index (χ0) is 14.4. The smallest absolute Gasteiger partial charge is 0.124 e. The van der Waals surface area contributed by atoms with Gasteiger partial charge in [0.1, 0.15) is 5.82 Å². The van der Waals surface area contributed by atoms with Gasteiger partial charge in [-0.3, -0.25) is 0 Å². The molecule has 1 N–H and O–H groups in total. The van der Waals surface area contributed by atoms with Crippen LogP contribution in [0.25, 0.3) is 0 Å². The minimum atomic E-state index is -0.202. The number of halogens is 2. The SMILES string of the molecule is CCNC(CCc1ccc(F)cc1Br)c1ccccc1. The van der Waals surface area contributed by atoms with Crippen LogP contribution in [0.5, 0.6) is 0 Å². The second-order valence-corrected chi connectivity index (χ2v) is 5.65. The third kappa shape index (κ3) is 4.15. The first-order chi connectivity index (χ1) is 9.70. The lowest BCUT2D eigenvalue weighted by Crippen LogP contribution is -2.21. The molecule has 3 heteroatoms. The molecule has 1 unspecified atom stereocenters. The summed E-state index contributed by atoms with van der Waals surface area (Å²) >= 11 is 3.43. The molecule has 0 aliphatic rings. The van der Waals surface area contributed by atoms with Crippen LogP contribution in [0.15, 0.2) is 53.0 Å². The van der Waals surface area contributed by atoms with Gasteiger partial charge in [0.25, 0.3) is 0 Å². The number of nitrogens with one attached hydrogen (secondary N) is 1. The maximum Gasteiger partial charge on any atom is 0.124 e. The average Bonchev–Trinajstić information content (AvgIpc) is 2.46. The Morgan fingerprint density at radius 3 is 2.55 bits per heavy atom. The van der Waals surface area contributed by atoms with Gasteiger partial charge in [0.05, 0.1) is 0 Å². The fourth-order valence-corrected chi connectivity index (χ4v) is 2.89. The van der Waals surface area contributed by atoms with E-state index in [9.17, 15) is 4.39 Å². The predicted octanol–water partition coefficient (Wildman–Crippen LogP) is 4.87. The summed E-state index contributed by atoms with van der Waals surface area (Å²) in [6.07, 6.45) is 1.90. The van der Waals surface area contributed by atoms with Crippen LogP contribution in [0.1, 0.15) is 30.5 Å². The van der Waals surface area contributed by atoms with Gasteiger partial charge in [-0.2, -0.15) is 0 Å². The zero-order valence-electron chi connectivity index (χ0n) is 11.6. The van der Waals surface area contributed by atoms with Crippen molar-refractivity contribution in [2.24, 2.45) is 0 Å². The molecule has 106 valence electrons. The molecule has 0 radical (unpaired) electrons. The van der Waals surface area contributed by atoms with E-state index in [1.165, 1.54) is 17.7 Å². The maximum absolute atomic E-state index is 13.1. The van der Waals surface area contributed by atoms with Crippen LogP contribution in [0.3, 0.4) is 0 Å². The third-order valence-corrected chi connectivity index (χ3v) is 4.11. The first kappa shape index (κ1) is 15.2. The Balaban J connectivity index is 2.06. The van der Waals surface area contributed by atoms with Gasteiger partial charge >= 0.3 is 0 Å². The number of hydrogen-bond donors (Lipinski definition) is 1. The van der Waals surface area contributed by atoms with Gasteiger partial charge in [-0.15, -0.1) is 0 Å². The highest BCUT2D eigenvalue weighted by Gasteiger charge is 2.11. The molecule has 0 heterocycles. The number of hydrogen-bond acceptors (Lipinski definition) is 1. The summed E-state index contributed by atoms with van der Waals surface area (Å²) in [7, 11) is 0. The molecule has 0 saturated carbocycles. The Labute approximate surface area is 128 Å². The average molecular weight is 336 g/mol. The summed E-state index contributed by atoms with van der Waals surface area (Å²) in [6.45, 7) is 3.05. The van der Waals surface area contributed by atoms with Crippen molar-refractivity contribution >= 4 is 15.9 Å². The summed E-state index contributed by atoms with van der Waals surface area (Å²) in [4.78, 5) is 0. The maximum atomic E-state index is 13.1. The molecule has 0 fully saturated rings. The highest BCUT2D eigenvalue weighted by molar-refractivity contribution is 9.10. The van der Waals surface area contributed by atoms with Crippen LogP contribution in [0.2, 0.25) is 0 Å². The monoisotopic (exact) mass is 335 g/mol. The number of rotatable bonds is 6. The first-order valence-electron chi connectivity index (χ1n) is 6.93. The Hall–Kier alpha value is -1.19. The Kier molecular flexibility index (Phi) is 5.74. The minimum absolute atomic E-state index is 0.202. The number of aryl methyl sites for hydroxylation is 1. The van der Waals surface area contributed by atoms with E-state index < -0.39 is 0 Å². The van der Waals surface area contributed by atoms with Crippen LogP contribution >= 0.6 is 15.9 Å². The van der Waals surface area contributed by atoms with Crippen LogP contribution in [-0.2, 0) is 6.42 Å². The van der Waals surface area contributed by atoms with Gasteiger partial charge < -0.3 is 5.32 Å². The van der Waals surface area contributed by atoms with Gasteiger partial charge in [0.2, 0.25) is 0 Å². The topological polar surface area (TPSA) is 12.0 Å². The molecule has 2 aromatic carbocycles. The van der Waals surface area contributed by atoms with Crippen molar-refractivity contribution < 1.29 is 4.39 Å². The summed E-state index contributed by atoms with van der Waals surface area (Å²) in [6, 6.07) is 15.7. The summed E-state index contributed by atoms with van der Waals surface area (Å²) in [5.41, 5.74) is 2.44. The van der Waals surface area contributed by atoms with Gasteiger partial charge in [-0.25, -0.2) is 4.39 Å². The quantitative estimate of drug-likeness (QED) is 0.793. The zero-order valence-corrected chi connectivity index (χ0v) is 13.2. The third-order valence-electron chi connectivity index (χ3n) is 3.37. The van der Waals surface area contributed by atoms with Crippen LogP contribution in [0, 0.1) is 5.82 Å². The van der Waals surface area contributed by atoms with Gasteiger partial charge in [0.15, 0.2) is 0 Å². The molecule has 0 aliphatic carbocycles. The Morgan fingerprint density at radius 2 is 1.90 bits per heavy atom. The van der Waals surface area contributed by atoms with Crippen molar-refractivity contribution in [2.75, 3.05) is 6.54 Å². The fourth-order valence-electron chi connectivity index (χ4n) is 2.34. The van der Waals surface area contributed by atoms with Gasteiger partial charge in [-0.05, 0) is 42.6 Å². The lowest BCUT2D eigenvalue weighted by Gasteiger charge is -2.18. The van der Waals surface area contributed by atoms with E-state index in [2.05, 4.69) is 52.4 Å². The van der Waals surface area contributed by atoms with Crippen LogP contribution in [-0.4, -0.2) is 6.54 Å². The molecule has 20 heavy (non-hydrogen) atoms. The second-order valence-electron chi connectivity index (χ2n) is 4.80. The van der Waals surface area contributed by atoms with Crippen molar-refractivity contribution in [3.05, 3.63) is 69.9 Å². The minimum Gasteiger partial charge on any atom is -0.310 e. The molecule has 0 spiro atoms. The van der Waals surface area contributed by atoms with E-state index in [1.54, 1.807) is 0 Å². The van der Waals surface area contributed by atoms with Crippen molar-refractivity contribution in [3.63, 3.8) is 0 Å². The predicted molar refractivity (Wildman–Crippen MR) is 85.3 cm³/mol. The van der Waals surface area contributed by atoms with Crippen LogP contribution < -0.4 is 5.32 Å². The lowest BCUT2D eigenvalue weighted by atomic mass is 9.99. The van der Waals surface area contributed by atoms with Gasteiger partial charge in [0, 0.05) is 10.5 Å². The molecular formula is C17H19BrFN. The van der Waals surface area contributed by atoms with E-state index in [0.29, 0.717) is 6.04 Å². The van der Waals surface area contributed by atoms with Gasteiger partial charge in [-0.1, -0.05) is 59.3 Å². The van der Waals surface area contributed by atoms with E-state index >= 15 is 0 Å². The van der Waals surface area contributed by atoms with Crippen molar-refractivity contribution in [2.45, 2.75) is 25.8 Å². The molecule has 0 aliphatic heterocycles. The molecular weight excluding hydrogens is 317 g/mol. The van der Waals surface area contributed by atoms with Crippen molar-refractivity contribution in [1.82, 2.24) is 5.32 Å². The highest BCUT2D eigenvalue weighted by Crippen LogP contribution is 2.24.